The van der Waals surface area contributed by atoms with Crippen molar-refractivity contribution in [3.05, 3.63) is 29.8 Å². The van der Waals surface area contributed by atoms with Crippen molar-refractivity contribution >= 4 is 0 Å². The Bertz CT molecular complexity index is 380. The Labute approximate surface area is 104 Å². The largest absolute Gasteiger partial charge is 0.496 e. The van der Waals surface area contributed by atoms with Crippen LogP contribution in [0.3, 0.4) is 0 Å². The highest BCUT2D eigenvalue weighted by Crippen LogP contribution is 2.26. The maximum absolute atomic E-state index is 6.41. The third-order valence-corrected chi connectivity index (χ3v) is 3.66. The van der Waals surface area contributed by atoms with Gasteiger partial charge in [-0.15, -0.1) is 0 Å². The molecule has 1 aliphatic heterocycles. The van der Waals surface area contributed by atoms with Gasteiger partial charge in [-0.2, -0.15) is 0 Å². The predicted molar refractivity (Wildman–Crippen MR) is 70.3 cm³/mol. The number of ether oxygens (including phenoxy) is 1. The molecule has 0 bridgehead atoms. The summed E-state index contributed by atoms with van der Waals surface area (Å²) in [5, 5.41) is 0. The number of hydrogen-bond acceptors (Lipinski definition) is 3. The molecule has 1 fully saturated rings. The van der Waals surface area contributed by atoms with Crippen LogP contribution in [0.2, 0.25) is 0 Å². The van der Waals surface area contributed by atoms with E-state index in [0.717, 1.165) is 38.1 Å². The van der Waals surface area contributed by atoms with Crippen LogP contribution in [0.1, 0.15) is 18.4 Å². The molecule has 1 unspecified atom stereocenters. The van der Waals surface area contributed by atoms with E-state index in [0.29, 0.717) is 0 Å². The van der Waals surface area contributed by atoms with E-state index in [9.17, 15) is 0 Å². The van der Waals surface area contributed by atoms with Gasteiger partial charge in [-0.05, 0) is 44.5 Å². The number of nitrogens with zero attached hydrogens (tertiary/aromatic N) is 1. The Balaban J connectivity index is 1.98. The summed E-state index contributed by atoms with van der Waals surface area (Å²) in [6, 6.07) is 8.20. The molecular formula is C14H22N2O. The molecule has 1 aliphatic rings. The number of likely N-dealkylation sites (tertiary alicyclic amines) is 1. The summed E-state index contributed by atoms with van der Waals surface area (Å²) in [5.74, 6) is 0.974. The molecule has 2 rings (SSSR count). The van der Waals surface area contributed by atoms with Crippen molar-refractivity contribution in [2.24, 2.45) is 5.73 Å². The number of likely N-dealkylation sites (N-methyl/N-ethyl adjacent to an activating group) is 1. The van der Waals surface area contributed by atoms with E-state index in [4.69, 9.17) is 10.5 Å². The molecule has 1 saturated heterocycles. The van der Waals surface area contributed by atoms with Crippen LogP contribution in [0.5, 0.6) is 5.75 Å². The van der Waals surface area contributed by atoms with Gasteiger partial charge in [0.25, 0.3) is 0 Å². The minimum atomic E-state index is -0.0183. The molecule has 0 aromatic heterocycles. The second kappa shape index (κ2) is 5.07. The lowest BCUT2D eigenvalue weighted by atomic mass is 9.91. The van der Waals surface area contributed by atoms with Crippen LogP contribution < -0.4 is 10.5 Å². The molecule has 1 atom stereocenters. The highest BCUT2D eigenvalue weighted by molar-refractivity contribution is 5.33. The predicted octanol–water partition coefficient (Wildman–Crippen LogP) is 1.66. The molecule has 0 aliphatic carbocycles. The molecule has 3 nitrogen and oxygen atoms in total. The molecule has 1 aromatic rings. The average molecular weight is 234 g/mol. The van der Waals surface area contributed by atoms with Gasteiger partial charge in [-0.3, -0.25) is 0 Å². The van der Waals surface area contributed by atoms with Crippen LogP contribution in [0.15, 0.2) is 24.3 Å². The third-order valence-electron chi connectivity index (χ3n) is 3.66. The summed E-state index contributed by atoms with van der Waals surface area (Å²) in [5.41, 5.74) is 7.65. The standard InChI is InChI=1S/C14H22N2O/c1-16-10-9-14(15,11-16)8-7-12-5-3-4-6-13(12)17-2/h3-6H,7-11,15H2,1-2H3. The summed E-state index contributed by atoms with van der Waals surface area (Å²) in [6.45, 7) is 2.12. The van der Waals surface area contributed by atoms with E-state index in [2.05, 4.69) is 24.1 Å². The van der Waals surface area contributed by atoms with E-state index in [1.807, 2.05) is 12.1 Å². The second-order valence-corrected chi connectivity index (χ2v) is 5.16. The summed E-state index contributed by atoms with van der Waals surface area (Å²) < 4.78 is 5.36. The van der Waals surface area contributed by atoms with Crippen LogP contribution in [0, 0.1) is 0 Å². The highest BCUT2D eigenvalue weighted by atomic mass is 16.5. The van der Waals surface area contributed by atoms with Gasteiger partial charge < -0.3 is 15.4 Å². The van der Waals surface area contributed by atoms with Crippen molar-refractivity contribution in [1.29, 1.82) is 0 Å². The van der Waals surface area contributed by atoms with Crippen molar-refractivity contribution in [1.82, 2.24) is 4.90 Å². The van der Waals surface area contributed by atoms with E-state index in [1.165, 1.54) is 5.56 Å². The van der Waals surface area contributed by atoms with Crippen LogP contribution in [0.25, 0.3) is 0 Å². The van der Waals surface area contributed by atoms with Crippen molar-refractivity contribution < 1.29 is 4.74 Å². The fourth-order valence-corrected chi connectivity index (χ4v) is 2.61. The minimum Gasteiger partial charge on any atom is -0.496 e. The van der Waals surface area contributed by atoms with Crippen molar-refractivity contribution in [2.45, 2.75) is 24.8 Å². The van der Waals surface area contributed by atoms with Crippen LogP contribution >= 0.6 is 0 Å². The maximum Gasteiger partial charge on any atom is 0.122 e. The first-order chi connectivity index (χ1) is 8.13. The molecule has 0 spiro atoms. The molecule has 0 amide bonds. The van der Waals surface area contributed by atoms with Crippen LogP contribution in [-0.2, 0) is 6.42 Å². The first kappa shape index (κ1) is 12.4. The van der Waals surface area contributed by atoms with Crippen molar-refractivity contribution in [3.63, 3.8) is 0 Å². The zero-order valence-corrected chi connectivity index (χ0v) is 10.8. The molecular weight excluding hydrogens is 212 g/mol. The SMILES string of the molecule is COc1ccccc1CCC1(N)CCN(C)C1. The number of aryl methyl sites for hydroxylation is 1. The van der Waals surface area contributed by atoms with Crippen LogP contribution in [-0.4, -0.2) is 37.7 Å². The normalized spacial score (nSPS) is 25.1. The number of para-hydroxylation sites is 1. The van der Waals surface area contributed by atoms with Gasteiger partial charge in [0.15, 0.2) is 0 Å². The summed E-state index contributed by atoms with van der Waals surface area (Å²) in [4.78, 5) is 2.31. The average Bonchev–Trinajstić information content (AvgIpc) is 2.68. The summed E-state index contributed by atoms with van der Waals surface area (Å²) in [6.07, 6.45) is 3.12. The van der Waals surface area contributed by atoms with E-state index in [1.54, 1.807) is 7.11 Å². The Morgan fingerprint density at radius 1 is 1.41 bits per heavy atom. The Morgan fingerprint density at radius 3 is 2.82 bits per heavy atom. The monoisotopic (exact) mass is 234 g/mol. The van der Waals surface area contributed by atoms with Gasteiger partial charge >= 0.3 is 0 Å². The summed E-state index contributed by atoms with van der Waals surface area (Å²) in [7, 11) is 3.86. The van der Waals surface area contributed by atoms with Gasteiger partial charge in [0.1, 0.15) is 5.75 Å². The number of rotatable bonds is 4. The van der Waals surface area contributed by atoms with Gasteiger partial charge in [0.05, 0.1) is 7.11 Å². The first-order valence-electron chi connectivity index (χ1n) is 6.22. The Kier molecular flexibility index (Phi) is 3.69. The Morgan fingerprint density at radius 2 is 2.18 bits per heavy atom. The highest BCUT2D eigenvalue weighted by Gasteiger charge is 2.32. The topological polar surface area (TPSA) is 38.5 Å². The lowest BCUT2D eigenvalue weighted by molar-refractivity contribution is 0.351. The minimum absolute atomic E-state index is 0.0183. The molecule has 17 heavy (non-hydrogen) atoms. The second-order valence-electron chi connectivity index (χ2n) is 5.16. The molecule has 2 N–H and O–H groups in total. The lowest BCUT2D eigenvalue weighted by Gasteiger charge is -2.24. The van der Waals surface area contributed by atoms with Crippen molar-refractivity contribution in [3.8, 4) is 5.75 Å². The summed E-state index contributed by atoms with van der Waals surface area (Å²) >= 11 is 0. The third kappa shape index (κ3) is 2.99. The van der Waals surface area contributed by atoms with Crippen LogP contribution in [0.4, 0.5) is 0 Å². The van der Waals surface area contributed by atoms with E-state index >= 15 is 0 Å². The molecule has 0 saturated carbocycles. The smallest absolute Gasteiger partial charge is 0.122 e. The van der Waals surface area contributed by atoms with Gasteiger partial charge in [0, 0.05) is 12.1 Å². The molecule has 3 heteroatoms. The molecule has 94 valence electrons. The first-order valence-corrected chi connectivity index (χ1v) is 6.22. The van der Waals surface area contributed by atoms with Gasteiger partial charge in [-0.25, -0.2) is 0 Å². The van der Waals surface area contributed by atoms with Gasteiger partial charge in [-0.1, -0.05) is 18.2 Å². The molecule has 1 aromatic carbocycles. The lowest BCUT2D eigenvalue weighted by Crippen LogP contribution is -2.42. The number of benzene rings is 1. The Hall–Kier alpha value is -1.06. The fraction of sp³-hybridized carbons (Fsp3) is 0.571. The van der Waals surface area contributed by atoms with E-state index in [-0.39, 0.29) is 5.54 Å². The van der Waals surface area contributed by atoms with Crippen molar-refractivity contribution in [2.75, 3.05) is 27.2 Å². The molecule has 0 radical (unpaired) electrons. The van der Waals surface area contributed by atoms with E-state index < -0.39 is 0 Å². The maximum atomic E-state index is 6.41. The zero-order valence-electron chi connectivity index (χ0n) is 10.8. The number of methoxy groups -OCH3 is 1. The number of nitrogens with two attached hydrogens (primary N) is 1. The number of hydrogen-bond donors (Lipinski definition) is 1. The quantitative estimate of drug-likeness (QED) is 0.861. The zero-order chi connectivity index (χ0) is 12.3. The van der Waals surface area contributed by atoms with Gasteiger partial charge in [0.2, 0.25) is 0 Å². The fourth-order valence-electron chi connectivity index (χ4n) is 2.61. The molecule has 1 heterocycles.